The number of benzene rings is 1. The molecule has 4 atom stereocenters. The van der Waals surface area contributed by atoms with Crippen molar-refractivity contribution in [1.29, 1.82) is 0 Å². The van der Waals surface area contributed by atoms with Crippen LogP contribution in [-0.2, 0) is 0 Å². The molecule has 1 saturated carbocycles. The molecule has 20 heavy (non-hydrogen) atoms. The maximum atomic E-state index is 14.1. The van der Waals surface area contributed by atoms with Crippen molar-refractivity contribution in [3.8, 4) is 5.75 Å². The molecule has 1 fully saturated rings. The topological polar surface area (TPSA) is 21.3 Å². The van der Waals surface area contributed by atoms with Crippen LogP contribution in [0.15, 0.2) is 18.2 Å². The first-order valence-electron chi connectivity index (χ1n) is 7.64. The van der Waals surface area contributed by atoms with Crippen LogP contribution in [0.1, 0.15) is 51.6 Å². The maximum absolute atomic E-state index is 14.1. The molecule has 0 aliphatic heterocycles. The average Bonchev–Trinajstić information content (AvgIpc) is 2.44. The second-order valence-electron chi connectivity index (χ2n) is 6.21. The fraction of sp³-hybridized carbons (Fsp3) is 0.647. The zero-order valence-corrected chi connectivity index (χ0v) is 12.9. The second-order valence-corrected chi connectivity index (χ2v) is 6.21. The van der Waals surface area contributed by atoms with Gasteiger partial charge in [0.2, 0.25) is 0 Å². The zero-order valence-electron chi connectivity index (χ0n) is 12.9. The van der Waals surface area contributed by atoms with Crippen molar-refractivity contribution in [2.24, 2.45) is 11.8 Å². The monoisotopic (exact) mass is 279 g/mol. The van der Waals surface area contributed by atoms with Gasteiger partial charge in [-0.25, -0.2) is 4.39 Å². The van der Waals surface area contributed by atoms with Crippen molar-refractivity contribution >= 4 is 0 Å². The van der Waals surface area contributed by atoms with Crippen LogP contribution in [0.5, 0.6) is 5.75 Å². The molecule has 0 aromatic heterocycles. The highest BCUT2D eigenvalue weighted by atomic mass is 19.1. The molecule has 0 saturated heterocycles. The molecular formula is C17H26FNO. The van der Waals surface area contributed by atoms with Crippen LogP contribution >= 0.6 is 0 Å². The van der Waals surface area contributed by atoms with E-state index in [0.29, 0.717) is 11.7 Å². The molecule has 1 aromatic carbocycles. The number of hydrogen-bond donors (Lipinski definition) is 1. The largest absolute Gasteiger partial charge is 0.487 e. The van der Waals surface area contributed by atoms with E-state index in [1.54, 1.807) is 12.1 Å². The molecule has 0 spiro atoms. The first-order chi connectivity index (χ1) is 9.51. The summed E-state index contributed by atoms with van der Waals surface area (Å²) in [6.45, 7) is 6.56. The summed E-state index contributed by atoms with van der Waals surface area (Å²) < 4.78 is 20.0. The van der Waals surface area contributed by atoms with Gasteiger partial charge >= 0.3 is 0 Å². The minimum absolute atomic E-state index is 0.147. The highest BCUT2D eigenvalue weighted by molar-refractivity contribution is 5.31. The van der Waals surface area contributed by atoms with Crippen molar-refractivity contribution in [3.63, 3.8) is 0 Å². The van der Waals surface area contributed by atoms with Crippen molar-refractivity contribution in [3.05, 3.63) is 29.6 Å². The molecule has 2 rings (SSSR count). The Morgan fingerprint density at radius 3 is 2.60 bits per heavy atom. The molecule has 3 heteroatoms. The third kappa shape index (κ3) is 3.51. The van der Waals surface area contributed by atoms with E-state index in [4.69, 9.17) is 4.74 Å². The van der Waals surface area contributed by atoms with Gasteiger partial charge in [-0.3, -0.25) is 0 Å². The van der Waals surface area contributed by atoms with Gasteiger partial charge in [0.15, 0.2) is 11.6 Å². The van der Waals surface area contributed by atoms with E-state index in [2.05, 4.69) is 19.2 Å². The first-order valence-corrected chi connectivity index (χ1v) is 7.64. The fourth-order valence-electron chi connectivity index (χ4n) is 2.83. The normalized spacial score (nSPS) is 28.1. The smallest absolute Gasteiger partial charge is 0.165 e. The summed E-state index contributed by atoms with van der Waals surface area (Å²) in [5, 5.41) is 3.11. The molecule has 1 aromatic rings. The lowest BCUT2D eigenvalue weighted by molar-refractivity contribution is 0.0967. The Morgan fingerprint density at radius 2 is 2.00 bits per heavy atom. The number of ether oxygens (including phenoxy) is 1. The van der Waals surface area contributed by atoms with Crippen LogP contribution in [0, 0.1) is 17.7 Å². The Labute approximate surface area is 121 Å². The molecule has 0 radical (unpaired) electrons. The summed E-state index contributed by atoms with van der Waals surface area (Å²) in [5.74, 6) is 1.54. The van der Waals surface area contributed by atoms with Crippen LogP contribution < -0.4 is 10.1 Å². The Hall–Kier alpha value is -1.09. The summed E-state index contributed by atoms with van der Waals surface area (Å²) in [5.41, 5.74) is 0.947. The first kappa shape index (κ1) is 15.3. The van der Waals surface area contributed by atoms with Gasteiger partial charge in [-0.15, -0.1) is 0 Å². The molecular weight excluding hydrogens is 253 g/mol. The van der Waals surface area contributed by atoms with Crippen molar-refractivity contribution in [2.75, 3.05) is 7.05 Å². The van der Waals surface area contributed by atoms with Crippen LogP contribution in [0.3, 0.4) is 0 Å². The summed E-state index contributed by atoms with van der Waals surface area (Å²) in [4.78, 5) is 0. The zero-order chi connectivity index (χ0) is 14.7. The van der Waals surface area contributed by atoms with Gasteiger partial charge in [0.05, 0.1) is 6.10 Å². The number of hydrogen-bond acceptors (Lipinski definition) is 2. The molecule has 1 N–H and O–H groups in total. The summed E-state index contributed by atoms with van der Waals surface area (Å²) in [6, 6.07) is 5.43. The highest BCUT2D eigenvalue weighted by Gasteiger charge is 2.26. The van der Waals surface area contributed by atoms with E-state index >= 15 is 0 Å². The van der Waals surface area contributed by atoms with Gasteiger partial charge in [-0.2, -0.15) is 0 Å². The lowest BCUT2D eigenvalue weighted by atomic mass is 9.80. The Bertz CT molecular complexity index is 449. The number of nitrogens with one attached hydrogen (secondary N) is 1. The number of halogens is 1. The Morgan fingerprint density at radius 1 is 1.25 bits per heavy atom. The van der Waals surface area contributed by atoms with Crippen LogP contribution in [0.2, 0.25) is 0 Å². The third-order valence-electron chi connectivity index (χ3n) is 4.73. The second kappa shape index (κ2) is 6.57. The van der Waals surface area contributed by atoms with Gasteiger partial charge in [-0.1, -0.05) is 19.9 Å². The van der Waals surface area contributed by atoms with E-state index in [1.165, 1.54) is 6.42 Å². The summed E-state index contributed by atoms with van der Waals surface area (Å²) in [6.07, 6.45) is 3.38. The summed E-state index contributed by atoms with van der Waals surface area (Å²) >= 11 is 0. The average molecular weight is 279 g/mol. The van der Waals surface area contributed by atoms with E-state index in [0.717, 1.165) is 24.3 Å². The Balaban J connectivity index is 2.03. The van der Waals surface area contributed by atoms with Crippen LogP contribution in [-0.4, -0.2) is 13.2 Å². The summed E-state index contributed by atoms with van der Waals surface area (Å²) in [7, 11) is 1.87. The van der Waals surface area contributed by atoms with Crippen molar-refractivity contribution < 1.29 is 9.13 Å². The van der Waals surface area contributed by atoms with Crippen LogP contribution in [0.25, 0.3) is 0 Å². The maximum Gasteiger partial charge on any atom is 0.165 e. The van der Waals surface area contributed by atoms with Crippen molar-refractivity contribution in [1.82, 2.24) is 5.32 Å². The molecule has 112 valence electrons. The number of rotatable bonds is 4. The molecule has 4 unspecified atom stereocenters. The SMILES string of the molecule is CNC(C)c1ccc(OC2CCC(C)C(C)C2)c(F)c1. The molecule has 1 aliphatic rings. The highest BCUT2D eigenvalue weighted by Crippen LogP contribution is 2.32. The van der Waals surface area contributed by atoms with Gasteiger partial charge in [0, 0.05) is 6.04 Å². The molecule has 2 nitrogen and oxygen atoms in total. The minimum atomic E-state index is -0.254. The van der Waals surface area contributed by atoms with Crippen molar-refractivity contribution in [2.45, 2.75) is 52.2 Å². The fourth-order valence-corrected chi connectivity index (χ4v) is 2.83. The molecule has 0 heterocycles. The van der Waals surface area contributed by atoms with Gasteiger partial charge in [-0.05, 0) is 62.8 Å². The van der Waals surface area contributed by atoms with Gasteiger partial charge in [0.1, 0.15) is 0 Å². The Kier molecular flexibility index (Phi) is 5.03. The van der Waals surface area contributed by atoms with Gasteiger partial charge in [0.25, 0.3) is 0 Å². The quantitative estimate of drug-likeness (QED) is 0.886. The van der Waals surface area contributed by atoms with Gasteiger partial charge < -0.3 is 10.1 Å². The third-order valence-corrected chi connectivity index (χ3v) is 4.73. The van der Waals surface area contributed by atoms with E-state index in [1.807, 2.05) is 20.0 Å². The lowest BCUT2D eigenvalue weighted by Gasteiger charge is -2.32. The van der Waals surface area contributed by atoms with E-state index in [9.17, 15) is 4.39 Å². The minimum Gasteiger partial charge on any atom is -0.487 e. The standard InChI is InChI=1S/C17H26FNO/c1-11-5-7-15(9-12(11)2)20-17-8-6-14(10-16(17)18)13(3)19-4/h6,8,10-13,15,19H,5,7,9H2,1-4H3. The molecule has 0 amide bonds. The van der Waals surface area contributed by atoms with Crippen LogP contribution in [0.4, 0.5) is 4.39 Å². The predicted molar refractivity (Wildman–Crippen MR) is 80.5 cm³/mol. The molecule has 1 aliphatic carbocycles. The van der Waals surface area contributed by atoms with E-state index in [-0.39, 0.29) is 18.0 Å². The predicted octanol–water partition coefficient (Wildman–Crippen LogP) is 4.31. The molecule has 0 bridgehead atoms. The lowest BCUT2D eigenvalue weighted by Crippen LogP contribution is -2.29. The van der Waals surface area contributed by atoms with E-state index < -0.39 is 0 Å².